The van der Waals surface area contributed by atoms with E-state index in [-0.39, 0.29) is 0 Å². The number of ether oxygens (including phenoxy) is 1. The first-order valence-corrected chi connectivity index (χ1v) is 8.19. The predicted molar refractivity (Wildman–Crippen MR) is 83.6 cm³/mol. The van der Waals surface area contributed by atoms with E-state index in [0.29, 0.717) is 5.92 Å². The summed E-state index contributed by atoms with van der Waals surface area (Å²) in [7, 11) is 0. The van der Waals surface area contributed by atoms with Crippen LogP contribution in [0.3, 0.4) is 0 Å². The van der Waals surface area contributed by atoms with E-state index in [1.807, 2.05) is 0 Å². The molecule has 1 unspecified atom stereocenters. The van der Waals surface area contributed by atoms with E-state index in [1.165, 1.54) is 16.7 Å². The van der Waals surface area contributed by atoms with Crippen molar-refractivity contribution in [3.8, 4) is 0 Å². The Morgan fingerprint density at radius 2 is 2.30 bits per heavy atom. The molecule has 0 spiro atoms. The Morgan fingerprint density at radius 3 is 3.10 bits per heavy atom. The minimum atomic E-state index is 0.629. The van der Waals surface area contributed by atoms with Crippen molar-refractivity contribution < 1.29 is 4.74 Å². The number of nitrogens with zero attached hydrogens (tertiary/aromatic N) is 3. The molecule has 2 aromatic rings. The summed E-state index contributed by atoms with van der Waals surface area (Å²) in [6.07, 6.45) is 3.95. The van der Waals surface area contributed by atoms with Crippen LogP contribution < -0.4 is 4.90 Å². The van der Waals surface area contributed by atoms with Gasteiger partial charge in [0.2, 0.25) is 0 Å². The van der Waals surface area contributed by atoms with Crippen molar-refractivity contribution in [1.29, 1.82) is 0 Å². The second-order valence-electron chi connectivity index (χ2n) is 5.24. The molecule has 3 heterocycles. The molecule has 0 aliphatic carbocycles. The van der Waals surface area contributed by atoms with Crippen LogP contribution in [0.2, 0.25) is 0 Å². The van der Waals surface area contributed by atoms with Crippen molar-refractivity contribution in [3.05, 3.63) is 17.3 Å². The number of fused-ring (bicyclic) bond motifs is 1. The second-order valence-corrected chi connectivity index (χ2v) is 6.36. The van der Waals surface area contributed by atoms with Crippen molar-refractivity contribution in [3.63, 3.8) is 0 Å². The van der Waals surface area contributed by atoms with Crippen LogP contribution >= 0.6 is 11.3 Å². The predicted octanol–water partition coefficient (Wildman–Crippen LogP) is 3.12. The highest BCUT2D eigenvalue weighted by molar-refractivity contribution is 7.18. The molecular weight excluding hydrogens is 270 g/mol. The lowest BCUT2D eigenvalue weighted by molar-refractivity contribution is 0.117. The number of hydrogen-bond acceptors (Lipinski definition) is 5. The highest BCUT2D eigenvalue weighted by Crippen LogP contribution is 2.32. The van der Waals surface area contributed by atoms with E-state index in [4.69, 9.17) is 4.74 Å². The number of anilines is 1. The van der Waals surface area contributed by atoms with Gasteiger partial charge in [0, 0.05) is 30.5 Å². The fraction of sp³-hybridized carbons (Fsp3) is 0.600. The maximum Gasteiger partial charge on any atom is 0.140 e. The SMILES string of the molecule is CCOCC1CCN(c2ncnc3sc(CC)cc23)C1. The van der Waals surface area contributed by atoms with Crippen LogP contribution in [-0.2, 0) is 11.2 Å². The lowest BCUT2D eigenvalue weighted by Crippen LogP contribution is -2.22. The minimum absolute atomic E-state index is 0.629. The molecule has 0 bridgehead atoms. The van der Waals surface area contributed by atoms with Crippen LogP contribution in [0, 0.1) is 5.92 Å². The maximum absolute atomic E-state index is 5.55. The van der Waals surface area contributed by atoms with Gasteiger partial charge in [-0.15, -0.1) is 11.3 Å². The molecule has 1 atom stereocenters. The molecule has 1 saturated heterocycles. The smallest absolute Gasteiger partial charge is 0.140 e. The summed E-state index contributed by atoms with van der Waals surface area (Å²) in [5.74, 6) is 1.73. The van der Waals surface area contributed by atoms with Crippen LogP contribution in [0.15, 0.2) is 12.4 Å². The van der Waals surface area contributed by atoms with E-state index in [2.05, 4.69) is 34.8 Å². The summed E-state index contributed by atoms with van der Waals surface area (Å²) >= 11 is 1.78. The summed E-state index contributed by atoms with van der Waals surface area (Å²) in [6, 6.07) is 2.26. The third kappa shape index (κ3) is 2.65. The first-order chi connectivity index (χ1) is 9.81. The standard InChI is InChI=1S/C15H21N3OS/c1-3-12-7-13-14(16-10-17-15(13)20-12)18-6-5-11(8-18)9-19-4-2/h7,10-11H,3-6,8-9H2,1-2H3. The Balaban J connectivity index is 1.82. The summed E-state index contributed by atoms with van der Waals surface area (Å²) in [4.78, 5) is 13.8. The largest absolute Gasteiger partial charge is 0.381 e. The third-order valence-electron chi connectivity index (χ3n) is 3.85. The molecule has 0 saturated carbocycles. The molecule has 4 nitrogen and oxygen atoms in total. The molecule has 0 radical (unpaired) electrons. The Morgan fingerprint density at radius 1 is 1.40 bits per heavy atom. The average molecular weight is 291 g/mol. The monoisotopic (exact) mass is 291 g/mol. The molecule has 3 rings (SSSR count). The maximum atomic E-state index is 5.55. The van der Waals surface area contributed by atoms with Crippen LogP contribution in [0.1, 0.15) is 25.1 Å². The Bertz CT molecular complexity index is 584. The molecule has 2 aromatic heterocycles. The molecule has 20 heavy (non-hydrogen) atoms. The summed E-state index contributed by atoms with van der Waals surface area (Å²) < 4.78 is 5.55. The van der Waals surface area contributed by atoms with E-state index in [9.17, 15) is 0 Å². The molecule has 1 aliphatic heterocycles. The van der Waals surface area contributed by atoms with Crippen molar-refractivity contribution in [1.82, 2.24) is 9.97 Å². The number of hydrogen-bond donors (Lipinski definition) is 0. The highest BCUT2D eigenvalue weighted by Gasteiger charge is 2.25. The van der Waals surface area contributed by atoms with E-state index in [1.54, 1.807) is 17.7 Å². The topological polar surface area (TPSA) is 38.2 Å². The minimum Gasteiger partial charge on any atom is -0.381 e. The Kier molecular flexibility index (Phi) is 4.17. The van der Waals surface area contributed by atoms with Gasteiger partial charge in [-0.25, -0.2) is 9.97 Å². The Hall–Kier alpha value is -1.20. The van der Waals surface area contributed by atoms with Gasteiger partial charge in [0.15, 0.2) is 0 Å². The molecule has 108 valence electrons. The first-order valence-electron chi connectivity index (χ1n) is 7.38. The van der Waals surface area contributed by atoms with Gasteiger partial charge in [0.25, 0.3) is 0 Å². The summed E-state index contributed by atoms with van der Waals surface area (Å²) in [5, 5.41) is 1.21. The van der Waals surface area contributed by atoms with Gasteiger partial charge in [-0.3, -0.25) is 0 Å². The zero-order chi connectivity index (χ0) is 13.9. The van der Waals surface area contributed by atoms with Crippen molar-refractivity contribution in [2.75, 3.05) is 31.2 Å². The fourth-order valence-electron chi connectivity index (χ4n) is 2.76. The van der Waals surface area contributed by atoms with Crippen molar-refractivity contribution in [2.45, 2.75) is 26.7 Å². The first kappa shape index (κ1) is 13.8. The quantitative estimate of drug-likeness (QED) is 0.848. The molecule has 1 fully saturated rings. The summed E-state index contributed by atoms with van der Waals surface area (Å²) in [5.41, 5.74) is 0. The molecule has 1 aliphatic rings. The molecule has 0 amide bonds. The fourth-order valence-corrected chi connectivity index (χ4v) is 3.69. The van der Waals surface area contributed by atoms with Gasteiger partial charge in [-0.05, 0) is 25.8 Å². The number of aromatic nitrogens is 2. The van der Waals surface area contributed by atoms with Gasteiger partial charge in [-0.2, -0.15) is 0 Å². The van der Waals surface area contributed by atoms with Crippen LogP contribution in [-0.4, -0.2) is 36.3 Å². The van der Waals surface area contributed by atoms with Gasteiger partial charge >= 0.3 is 0 Å². The average Bonchev–Trinajstić information content (AvgIpc) is 3.10. The molecule has 0 aromatic carbocycles. The van der Waals surface area contributed by atoms with Gasteiger partial charge in [0.05, 0.1) is 12.0 Å². The van der Waals surface area contributed by atoms with Gasteiger partial charge in [-0.1, -0.05) is 6.92 Å². The normalized spacial score (nSPS) is 19.1. The van der Waals surface area contributed by atoms with E-state index >= 15 is 0 Å². The Labute approximate surface area is 123 Å². The van der Waals surface area contributed by atoms with E-state index < -0.39 is 0 Å². The van der Waals surface area contributed by atoms with Gasteiger partial charge < -0.3 is 9.64 Å². The van der Waals surface area contributed by atoms with Crippen molar-refractivity contribution in [2.24, 2.45) is 5.92 Å². The number of thiophene rings is 1. The zero-order valence-corrected chi connectivity index (χ0v) is 12.9. The summed E-state index contributed by atoms with van der Waals surface area (Å²) in [6.45, 7) is 8.03. The lowest BCUT2D eigenvalue weighted by Gasteiger charge is -2.18. The molecular formula is C15H21N3OS. The lowest BCUT2D eigenvalue weighted by atomic mass is 10.1. The van der Waals surface area contributed by atoms with Crippen LogP contribution in [0.5, 0.6) is 0 Å². The van der Waals surface area contributed by atoms with Crippen LogP contribution in [0.4, 0.5) is 5.82 Å². The van der Waals surface area contributed by atoms with Gasteiger partial charge in [0.1, 0.15) is 17.0 Å². The molecule has 0 N–H and O–H groups in total. The number of rotatable bonds is 5. The van der Waals surface area contributed by atoms with Crippen LogP contribution in [0.25, 0.3) is 10.2 Å². The number of aryl methyl sites for hydroxylation is 1. The van der Waals surface area contributed by atoms with E-state index in [0.717, 1.165) is 43.4 Å². The second kappa shape index (κ2) is 6.06. The zero-order valence-electron chi connectivity index (χ0n) is 12.1. The molecule has 5 heteroatoms. The highest BCUT2D eigenvalue weighted by atomic mass is 32.1. The third-order valence-corrected chi connectivity index (χ3v) is 5.04. The van der Waals surface area contributed by atoms with Crippen molar-refractivity contribution >= 4 is 27.4 Å².